The molecule has 1 aromatic heterocycles. The van der Waals surface area contributed by atoms with Crippen LogP contribution >= 0.6 is 0 Å². The van der Waals surface area contributed by atoms with Crippen LogP contribution in [0.3, 0.4) is 0 Å². The number of pyridine rings is 1. The lowest BCUT2D eigenvalue weighted by Gasteiger charge is -2.37. The van der Waals surface area contributed by atoms with Crippen molar-refractivity contribution >= 4 is 5.91 Å². The monoisotopic (exact) mass is 365 g/mol. The number of benzene rings is 1. The van der Waals surface area contributed by atoms with Gasteiger partial charge in [0.2, 0.25) is 0 Å². The molecule has 1 saturated heterocycles. The van der Waals surface area contributed by atoms with E-state index in [0.29, 0.717) is 31.5 Å². The quantitative estimate of drug-likeness (QED) is 0.863. The van der Waals surface area contributed by atoms with E-state index in [1.54, 1.807) is 6.07 Å². The lowest BCUT2D eigenvalue weighted by atomic mass is 9.84. The number of aromatic nitrogens is 1. The van der Waals surface area contributed by atoms with Gasteiger partial charge in [-0.25, -0.2) is 0 Å². The first-order valence-corrected chi connectivity index (χ1v) is 9.66. The Balaban J connectivity index is 1.35. The van der Waals surface area contributed by atoms with E-state index in [4.69, 9.17) is 4.74 Å². The number of piperidine rings is 1. The number of nitrogens with zero attached hydrogens (tertiary/aromatic N) is 1. The van der Waals surface area contributed by atoms with Gasteiger partial charge in [0, 0.05) is 37.7 Å². The molecule has 5 rings (SSSR count). The number of hydrogen-bond donors (Lipinski definition) is 2. The van der Waals surface area contributed by atoms with E-state index in [2.05, 4.69) is 16.7 Å². The minimum Gasteiger partial charge on any atom is -0.493 e. The lowest BCUT2D eigenvalue weighted by molar-refractivity contribution is 0.0948. The van der Waals surface area contributed by atoms with Gasteiger partial charge >= 0.3 is 0 Å². The smallest absolute Gasteiger partial charge is 0.263 e. The van der Waals surface area contributed by atoms with Crippen molar-refractivity contribution in [3.8, 4) is 5.75 Å². The Kier molecular flexibility index (Phi) is 4.01. The van der Waals surface area contributed by atoms with Gasteiger partial charge in [-0.15, -0.1) is 0 Å². The highest BCUT2D eigenvalue weighted by molar-refractivity contribution is 5.93. The van der Waals surface area contributed by atoms with Crippen molar-refractivity contribution in [2.24, 2.45) is 5.92 Å². The van der Waals surface area contributed by atoms with Crippen LogP contribution in [0.15, 0.2) is 35.1 Å². The maximum atomic E-state index is 12.9. The Morgan fingerprint density at radius 1 is 1.26 bits per heavy atom. The number of amides is 1. The SMILES string of the molecule is O=C(NCc1ccc2c(c1)CCO2)c1ccc2n(c1=O)C[C@@H]1CNC[C@H]2C1. The van der Waals surface area contributed by atoms with E-state index in [0.717, 1.165) is 42.9 Å². The second-order valence-electron chi connectivity index (χ2n) is 7.77. The van der Waals surface area contributed by atoms with Gasteiger partial charge in [-0.3, -0.25) is 9.59 Å². The van der Waals surface area contributed by atoms with Crippen LogP contribution in [-0.2, 0) is 19.5 Å². The third-order valence-corrected chi connectivity index (χ3v) is 5.96. The zero-order valence-corrected chi connectivity index (χ0v) is 15.2. The topological polar surface area (TPSA) is 72.4 Å². The van der Waals surface area contributed by atoms with Crippen LogP contribution in [-0.4, -0.2) is 30.2 Å². The van der Waals surface area contributed by atoms with Gasteiger partial charge in [-0.1, -0.05) is 12.1 Å². The molecule has 27 heavy (non-hydrogen) atoms. The van der Waals surface area contributed by atoms with E-state index < -0.39 is 0 Å². The predicted octanol–water partition coefficient (Wildman–Crippen LogP) is 1.42. The third kappa shape index (κ3) is 2.94. The molecule has 0 saturated carbocycles. The maximum absolute atomic E-state index is 12.9. The Bertz CT molecular complexity index is 966. The first-order valence-electron chi connectivity index (χ1n) is 9.66. The van der Waals surface area contributed by atoms with Gasteiger partial charge in [-0.2, -0.15) is 0 Å². The van der Waals surface area contributed by atoms with Crippen molar-refractivity contribution in [2.45, 2.75) is 31.8 Å². The fourth-order valence-corrected chi connectivity index (χ4v) is 4.59. The summed E-state index contributed by atoms with van der Waals surface area (Å²) in [6, 6.07) is 9.62. The Morgan fingerprint density at radius 3 is 3.11 bits per heavy atom. The van der Waals surface area contributed by atoms with Crippen molar-refractivity contribution < 1.29 is 9.53 Å². The number of fused-ring (bicyclic) bond motifs is 5. The van der Waals surface area contributed by atoms with Crippen molar-refractivity contribution in [2.75, 3.05) is 19.7 Å². The molecule has 3 aliphatic heterocycles. The molecule has 4 heterocycles. The molecular formula is C21H23N3O3. The Morgan fingerprint density at radius 2 is 2.19 bits per heavy atom. The lowest BCUT2D eigenvalue weighted by Crippen LogP contribution is -2.46. The molecule has 2 bridgehead atoms. The molecule has 6 nitrogen and oxygen atoms in total. The zero-order chi connectivity index (χ0) is 18.4. The molecule has 3 aliphatic rings. The van der Waals surface area contributed by atoms with Crippen LogP contribution < -0.4 is 20.9 Å². The third-order valence-electron chi connectivity index (χ3n) is 5.96. The molecule has 1 fully saturated rings. The highest BCUT2D eigenvalue weighted by Gasteiger charge is 2.31. The summed E-state index contributed by atoms with van der Waals surface area (Å²) in [5.41, 5.74) is 3.32. The number of carbonyl (C=O) groups excluding carboxylic acids is 1. The maximum Gasteiger partial charge on any atom is 0.263 e. The molecule has 140 valence electrons. The van der Waals surface area contributed by atoms with Crippen LogP contribution in [0.4, 0.5) is 0 Å². The minimum absolute atomic E-state index is 0.163. The second kappa shape index (κ2) is 6.53. The van der Waals surface area contributed by atoms with Crippen molar-refractivity contribution in [1.29, 1.82) is 0 Å². The highest BCUT2D eigenvalue weighted by Crippen LogP contribution is 2.31. The largest absolute Gasteiger partial charge is 0.493 e. The summed E-state index contributed by atoms with van der Waals surface area (Å²) in [6.45, 7) is 3.67. The minimum atomic E-state index is -0.305. The molecule has 6 heteroatoms. The van der Waals surface area contributed by atoms with E-state index >= 15 is 0 Å². The molecular weight excluding hydrogens is 342 g/mol. The van der Waals surface area contributed by atoms with Gasteiger partial charge in [0.25, 0.3) is 11.5 Å². The van der Waals surface area contributed by atoms with Crippen molar-refractivity contribution in [1.82, 2.24) is 15.2 Å². The van der Waals surface area contributed by atoms with Crippen LogP contribution in [0.5, 0.6) is 5.75 Å². The highest BCUT2D eigenvalue weighted by atomic mass is 16.5. The molecule has 0 radical (unpaired) electrons. The molecule has 0 unspecified atom stereocenters. The van der Waals surface area contributed by atoms with E-state index in [9.17, 15) is 9.59 Å². The van der Waals surface area contributed by atoms with E-state index in [-0.39, 0.29) is 17.0 Å². The summed E-state index contributed by atoms with van der Waals surface area (Å²) in [6.07, 6.45) is 2.03. The summed E-state index contributed by atoms with van der Waals surface area (Å²) in [5, 5.41) is 6.34. The van der Waals surface area contributed by atoms with Gasteiger partial charge in [-0.05, 0) is 48.2 Å². The van der Waals surface area contributed by atoms with Crippen LogP contribution in [0.2, 0.25) is 0 Å². The number of carbonyl (C=O) groups is 1. The standard InChI is InChI=1S/C21H23N3O3/c25-20(23-10-13-1-4-19-15(7-13)5-6-27-19)17-2-3-18-16-8-14(9-22-11-16)12-24(18)21(17)26/h1-4,7,14,16,22H,5-6,8-12H2,(H,23,25)/t14-,16+/m0/s1. The van der Waals surface area contributed by atoms with Gasteiger partial charge in [0.05, 0.1) is 6.61 Å². The molecule has 1 amide bonds. The molecule has 2 N–H and O–H groups in total. The summed E-state index contributed by atoms with van der Waals surface area (Å²) in [7, 11) is 0. The van der Waals surface area contributed by atoms with Gasteiger partial charge in [0.15, 0.2) is 0 Å². The second-order valence-corrected chi connectivity index (χ2v) is 7.77. The Hall–Kier alpha value is -2.60. The van der Waals surface area contributed by atoms with E-state index in [1.807, 2.05) is 22.8 Å². The first kappa shape index (κ1) is 16.6. The summed E-state index contributed by atoms with van der Waals surface area (Å²) in [5.74, 6) is 1.47. The summed E-state index contributed by atoms with van der Waals surface area (Å²) >= 11 is 0. The predicted molar refractivity (Wildman–Crippen MR) is 101 cm³/mol. The average Bonchev–Trinajstić information content (AvgIpc) is 3.15. The summed E-state index contributed by atoms with van der Waals surface area (Å²) in [4.78, 5) is 25.6. The van der Waals surface area contributed by atoms with E-state index in [1.165, 1.54) is 5.56 Å². The normalized spacial score (nSPS) is 22.5. The fourth-order valence-electron chi connectivity index (χ4n) is 4.59. The molecule has 2 aromatic rings. The molecule has 2 atom stereocenters. The van der Waals surface area contributed by atoms with Crippen LogP contribution in [0.1, 0.15) is 39.5 Å². The van der Waals surface area contributed by atoms with Crippen LogP contribution in [0, 0.1) is 5.92 Å². The molecule has 0 aliphatic carbocycles. The van der Waals surface area contributed by atoms with Crippen molar-refractivity contribution in [3.63, 3.8) is 0 Å². The number of hydrogen-bond acceptors (Lipinski definition) is 4. The first-order chi connectivity index (χ1) is 13.2. The summed E-state index contributed by atoms with van der Waals surface area (Å²) < 4.78 is 7.33. The van der Waals surface area contributed by atoms with Crippen LogP contribution in [0.25, 0.3) is 0 Å². The number of nitrogens with one attached hydrogen (secondary N) is 2. The van der Waals surface area contributed by atoms with Gasteiger partial charge in [0.1, 0.15) is 11.3 Å². The average molecular weight is 365 g/mol. The van der Waals surface area contributed by atoms with Crippen molar-refractivity contribution in [3.05, 3.63) is 63.1 Å². The number of ether oxygens (including phenoxy) is 1. The molecule has 1 aromatic carbocycles. The number of rotatable bonds is 3. The fraction of sp³-hybridized carbons (Fsp3) is 0.429. The zero-order valence-electron chi connectivity index (χ0n) is 15.2. The van der Waals surface area contributed by atoms with Gasteiger partial charge < -0.3 is 19.9 Å². The Labute approximate surface area is 157 Å². The molecule has 0 spiro atoms.